The molecule has 1 atom stereocenters. The first-order chi connectivity index (χ1) is 8.59. The Bertz CT molecular complexity index is 164. The monoisotopic (exact) mass is 258 g/mol. The van der Waals surface area contributed by atoms with E-state index < -0.39 is 0 Å². The standard InChI is InChI=1S/C14H32N2.C2H6/c1-7-11-13(8-2)16(12-15-6)14(5,9-3)10-4;1-2/h13,15H,7-12H2,1-6H3;1-2H3. The Morgan fingerprint density at radius 1 is 1.06 bits per heavy atom. The lowest BCUT2D eigenvalue weighted by Crippen LogP contribution is -2.54. The Kier molecular flexibility index (Phi) is 13.5. The van der Waals surface area contributed by atoms with Crippen LogP contribution in [0.1, 0.15) is 80.6 Å². The Hall–Kier alpha value is -0.0800. The van der Waals surface area contributed by atoms with Crippen LogP contribution in [0.15, 0.2) is 0 Å². The number of rotatable bonds is 9. The van der Waals surface area contributed by atoms with E-state index in [9.17, 15) is 0 Å². The van der Waals surface area contributed by atoms with Crippen LogP contribution in [0.25, 0.3) is 0 Å². The van der Waals surface area contributed by atoms with E-state index in [0.29, 0.717) is 5.54 Å². The van der Waals surface area contributed by atoms with Gasteiger partial charge in [0.15, 0.2) is 0 Å². The third-order valence-corrected chi connectivity index (χ3v) is 4.08. The van der Waals surface area contributed by atoms with E-state index in [1.165, 1.54) is 32.1 Å². The van der Waals surface area contributed by atoms with E-state index in [1.54, 1.807) is 0 Å². The molecule has 2 heteroatoms. The molecule has 1 N–H and O–H groups in total. The van der Waals surface area contributed by atoms with Gasteiger partial charge in [-0.2, -0.15) is 0 Å². The van der Waals surface area contributed by atoms with E-state index in [4.69, 9.17) is 0 Å². The lowest BCUT2D eigenvalue weighted by Gasteiger charge is -2.45. The topological polar surface area (TPSA) is 15.3 Å². The summed E-state index contributed by atoms with van der Waals surface area (Å²) < 4.78 is 0. The predicted octanol–water partition coefficient (Wildman–Crippen LogP) is 4.65. The second-order valence-electron chi connectivity index (χ2n) is 5.04. The molecule has 0 aromatic carbocycles. The number of hydrogen-bond donors (Lipinski definition) is 1. The molecule has 0 aliphatic rings. The molecule has 0 saturated carbocycles. The van der Waals surface area contributed by atoms with Gasteiger partial charge in [-0.3, -0.25) is 4.90 Å². The van der Waals surface area contributed by atoms with Crippen LogP contribution in [0.2, 0.25) is 0 Å². The maximum absolute atomic E-state index is 3.34. The molecule has 0 amide bonds. The van der Waals surface area contributed by atoms with Crippen molar-refractivity contribution in [1.82, 2.24) is 10.2 Å². The molecule has 0 bridgehead atoms. The molecule has 0 aliphatic heterocycles. The minimum atomic E-state index is 0.346. The molecule has 0 rings (SSSR count). The molecule has 0 saturated heterocycles. The minimum Gasteiger partial charge on any atom is -0.307 e. The van der Waals surface area contributed by atoms with Crippen LogP contribution in [-0.4, -0.2) is 30.2 Å². The molecule has 0 aliphatic carbocycles. The summed E-state index contributed by atoms with van der Waals surface area (Å²) in [4.78, 5) is 2.68. The van der Waals surface area contributed by atoms with Crippen molar-refractivity contribution < 1.29 is 0 Å². The van der Waals surface area contributed by atoms with Gasteiger partial charge in [-0.25, -0.2) is 0 Å². The van der Waals surface area contributed by atoms with Gasteiger partial charge >= 0.3 is 0 Å². The van der Waals surface area contributed by atoms with Gasteiger partial charge in [-0.15, -0.1) is 0 Å². The zero-order chi connectivity index (χ0) is 14.6. The highest BCUT2D eigenvalue weighted by atomic mass is 15.3. The van der Waals surface area contributed by atoms with Crippen LogP contribution in [0.4, 0.5) is 0 Å². The zero-order valence-electron chi connectivity index (χ0n) is 14.3. The maximum Gasteiger partial charge on any atom is 0.0485 e. The number of hydrogen-bond acceptors (Lipinski definition) is 2. The van der Waals surface area contributed by atoms with Gasteiger partial charge in [0.1, 0.15) is 0 Å². The summed E-state index contributed by atoms with van der Waals surface area (Å²) in [5.41, 5.74) is 0.346. The van der Waals surface area contributed by atoms with Crippen molar-refractivity contribution in [2.75, 3.05) is 13.7 Å². The van der Waals surface area contributed by atoms with E-state index in [2.05, 4.69) is 51.9 Å². The van der Waals surface area contributed by atoms with E-state index >= 15 is 0 Å². The van der Waals surface area contributed by atoms with Crippen LogP contribution in [0.3, 0.4) is 0 Å². The lowest BCUT2D eigenvalue weighted by atomic mass is 9.90. The average Bonchev–Trinajstić information content (AvgIpc) is 2.44. The summed E-state index contributed by atoms with van der Waals surface area (Å²) in [7, 11) is 2.05. The number of nitrogens with zero attached hydrogens (tertiary/aromatic N) is 1. The molecule has 0 aromatic heterocycles. The second-order valence-corrected chi connectivity index (χ2v) is 5.04. The van der Waals surface area contributed by atoms with Gasteiger partial charge in [0.2, 0.25) is 0 Å². The average molecular weight is 258 g/mol. The quantitative estimate of drug-likeness (QED) is 0.606. The van der Waals surface area contributed by atoms with Crippen LogP contribution >= 0.6 is 0 Å². The summed E-state index contributed by atoms with van der Waals surface area (Å²) in [6.07, 6.45) is 6.30. The van der Waals surface area contributed by atoms with Crippen LogP contribution in [0, 0.1) is 0 Å². The van der Waals surface area contributed by atoms with Crippen molar-refractivity contribution >= 4 is 0 Å². The van der Waals surface area contributed by atoms with E-state index in [1.807, 2.05) is 13.8 Å². The summed E-state index contributed by atoms with van der Waals surface area (Å²) >= 11 is 0. The van der Waals surface area contributed by atoms with Gasteiger partial charge in [-0.1, -0.05) is 48.0 Å². The summed E-state index contributed by atoms with van der Waals surface area (Å²) in [5, 5.41) is 3.34. The summed E-state index contributed by atoms with van der Waals surface area (Å²) in [6.45, 7) is 16.6. The molecule has 0 spiro atoms. The fraction of sp³-hybridized carbons (Fsp3) is 1.00. The van der Waals surface area contributed by atoms with Gasteiger partial charge in [0.25, 0.3) is 0 Å². The third-order valence-electron chi connectivity index (χ3n) is 4.08. The molecule has 0 radical (unpaired) electrons. The van der Waals surface area contributed by atoms with E-state index in [0.717, 1.165) is 12.7 Å². The molecular weight excluding hydrogens is 220 g/mol. The summed E-state index contributed by atoms with van der Waals surface area (Å²) in [5.74, 6) is 0. The third kappa shape index (κ3) is 6.19. The zero-order valence-corrected chi connectivity index (χ0v) is 14.3. The Morgan fingerprint density at radius 2 is 1.56 bits per heavy atom. The van der Waals surface area contributed by atoms with Crippen molar-refractivity contribution in [1.29, 1.82) is 0 Å². The number of nitrogens with one attached hydrogen (secondary N) is 1. The van der Waals surface area contributed by atoms with E-state index in [-0.39, 0.29) is 0 Å². The van der Waals surface area contributed by atoms with Crippen molar-refractivity contribution in [3.05, 3.63) is 0 Å². The van der Waals surface area contributed by atoms with Gasteiger partial charge in [0, 0.05) is 18.2 Å². The second kappa shape index (κ2) is 12.0. The smallest absolute Gasteiger partial charge is 0.0485 e. The van der Waals surface area contributed by atoms with Crippen molar-refractivity contribution in [3.8, 4) is 0 Å². The first-order valence-electron chi connectivity index (χ1n) is 8.00. The predicted molar refractivity (Wildman–Crippen MR) is 85.1 cm³/mol. The molecule has 18 heavy (non-hydrogen) atoms. The Balaban J connectivity index is 0. The fourth-order valence-electron chi connectivity index (χ4n) is 2.50. The Morgan fingerprint density at radius 3 is 1.83 bits per heavy atom. The van der Waals surface area contributed by atoms with Gasteiger partial charge in [0.05, 0.1) is 0 Å². The van der Waals surface area contributed by atoms with Crippen LogP contribution in [0.5, 0.6) is 0 Å². The summed E-state index contributed by atoms with van der Waals surface area (Å²) in [6, 6.07) is 0.724. The minimum absolute atomic E-state index is 0.346. The van der Waals surface area contributed by atoms with Crippen LogP contribution < -0.4 is 5.32 Å². The van der Waals surface area contributed by atoms with Crippen molar-refractivity contribution in [2.45, 2.75) is 92.2 Å². The fourth-order valence-corrected chi connectivity index (χ4v) is 2.50. The van der Waals surface area contributed by atoms with Crippen molar-refractivity contribution in [2.24, 2.45) is 0 Å². The highest BCUT2D eigenvalue weighted by Crippen LogP contribution is 2.27. The lowest BCUT2D eigenvalue weighted by molar-refractivity contribution is 0.0353. The largest absolute Gasteiger partial charge is 0.307 e. The van der Waals surface area contributed by atoms with Crippen LogP contribution in [-0.2, 0) is 0 Å². The molecular formula is C16H38N2. The maximum atomic E-state index is 3.34. The molecule has 0 aromatic rings. The highest BCUT2D eigenvalue weighted by molar-refractivity contribution is 4.87. The first-order valence-corrected chi connectivity index (χ1v) is 8.00. The first kappa shape index (κ1) is 20.2. The van der Waals surface area contributed by atoms with Gasteiger partial charge in [-0.05, 0) is 39.7 Å². The highest BCUT2D eigenvalue weighted by Gasteiger charge is 2.31. The SMILES string of the molecule is CC.CCCC(CC)N(CNC)C(C)(CC)CC. The Labute approximate surface area is 117 Å². The molecule has 2 nitrogen and oxygen atoms in total. The van der Waals surface area contributed by atoms with Gasteiger partial charge < -0.3 is 5.32 Å². The molecule has 0 heterocycles. The molecule has 1 unspecified atom stereocenters. The normalized spacial score (nSPS) is 13.2. The van der Waals surface area contributed by atoms with Crippen molar-refractivity contribution in [3.63, 3.8) is 0 Å². The molecule has 112 valence electrons. The molecule has 0 fully saturated rings.